The van der Waals surface area contributed by atoms with Gasteiger partial charge in [0, 0.05) is 0 Å². The quantitative estimate of drug-likeness (QED) is 0.141. The summed E-state index contributed by atoms with van der Waals surface area (Å²) in [5, 5.41) is 110. The van der Waals surface area contributed by atoms with E-state index in [1.54, 1.807) is 0 Å². The lowest BCUT2D eigenvalue weighted by Gasteiger charge is -2.62. The zero-order valence-electron chi connectivity index (χ0n) is 13.6. The van der Waals surface area contributed by atoms with Gasteiger partial charge in [0.25, 0.3) is 29.1 Å². The molecule has 2 unspecified atom stereocenters. The summed E-state index contributed by atoms with van der Waals surface area (Å²) in [6.07, 6.45) is -2.65. The summed E-state index contributed by atoms with van der Waals surface area (Å²) in [7, 11) is 0.501. The molecule has 2 rings (SSSR count). The standard InChI is InChI=1S/C12H15NO15/c1-28-6(17)13-9(21,5(15)16)12(26,27)8(20)3(11(13,24)25)2-7(18,19)4(14)10(8,22)23/h2,18-27H,1H3,(H,15,16). The van der Waals surface area contributed by atoms with Crippen LogP contribution in [0.15, 0.2) is 11.6 Å². The summed E-state index contributed by atoms with van der Waals surface area (Å²) >= 11 is 0. The Labute approximate surface area is 152 Å². The molecule has 1 aliphatic carbocycles. The highest BCUT2D eigenvalue weighted by Crippen LogP contribution is 2.56. The monoisotopic (exact) mass is 413 g/mol. The molecule has 0 saturated carbocycles. The van der Waals surface area contributed by atoms with Gasteiger partial charge in [-0.05, 0) is 6.08 Å². The second kappa shape index (κ2) is 5.42. The SMILES string of the molecule is COC(=O)N1C(O)(O)C2=CC(O)(O)C(=O)C(O)(O)C2(O)C(O)(O)C1(O)C(=O)O. The van der Waals surface area contributed by atoms with Crippen LogP contribution in [0.2, 0.25) is 0 Å². The highest BCUT2D eigenvalue weighted by atomic mass is 16.6. The molecule has 1 heterocycles. The van der Waals surface area contributed by atoms with Crippen molar-refractivity contribution in [3.63, 3.8) is 0 Å². The second-order valence-electron chi connectivity index (χ2n) is 6.09. The van der Waals surface area contributed by atoms with Crippen molar-refractivity contribution in [1.29, 1.82) is 0 Å². The number of aliphatic hydroxyl groups is 10. The number of methoxy groups -OCH3 is 1. The third-order valence-corrected chi connectivity index (χ3v) is 4.53. The van der Waals surface area contributed by atoms with Crippen LogP contribution in [0.4, 0.5) is 4.79 Å². The van der Waals surface area contributed by atoms with E-state index in [-0.39, 0.29) is 0 Å². The normalized spacial score (nSPS) is 34.9. The largest absolute Gasteiger partial charge is 0.478 e. The molecule has 28 heavy (non-hydrogen) atoms. The van der Waals surface area contributed by atoms with Crippen LogP contribution >= 0.6 is 0 Å². The number of nitrogens with zero attached hydrogens (tertiary/aromatic N) is 1. The zero-order chi connectivity index (χ0) is 22.3. The van der Waals surface area contributed by atoms with E-state index in [9.17, 15) is 70.6 Å². The number of hydrogen-bond donors (Lipinski definition) is 11. The van der Waals surface area contributed by atoms with Gasteiger partial charge in [-0.25, -0.2) is 14.5 Å². The van der Waals surface area contributed by atoms with Crippen molar-refractivity contribution in [2.24, 2.45) is 0 Å². The highest BCUT2D eigenvalue weighted by Gasteiger charge is 2.88. The predicted octanol–water partition coefficient (Wildman–Crippen LogP) is -7.24. The van der Waals surface area contributed by atoms with Gasteiger partial charge in [-0.1, -0.05) is 0 Å². The van der Waals surface area contributed by atoms with Crippen molar-refractivity contribution in [2.75, 3.05) is 7.11 Å². The van der Waals surface area contributed by atoms with Gasteiger partial charge in [0.2, 0.25) is 5.60 Å². The molecule has 158 valence electrons. The van der Waals surface area contributed by atoms with Gasteiger partial charge in [-0.2, -0.15) is 0 Å². The number of ketones is 1. The molecule has 16 nitrogen and oxygen atoms in total. The molecule has 2 aliphatic rings. The van der Waals surface area contributed by atoms with Crippen molar-refractivity contribution in [3.8, 4) is 0 Å². The number of hydrogen-bond acceptors (Lipinski definition) is 14. The first kappa shape index (κ1) is 22.0. The van der Waals surface area contributed by atoms with Crippen LogP contribution in [0.1, 0.15) is 0 Å². The number of likely N-dealkylation sites (tertiary alicyclic amines) is 1. The van der Waals surface area contributed by atoms with Gasteiger partial charge in [0.1, 0.15) is 0 Å². The molecule has 1 amide bonds. The van der Waals surface area contributed by atoms with Crippen molar-refractivity contribution in [3.05, 3.63) is 11.6 Å². The van der Waals surface area contributed by atoms with E-state index in [1.165, 1.54) is 0 Å². The first-order valence-corrected chi connectivity index (χ1v) is 6.93. The average molecular weight is 413 g/mol. The predicted molar refractivity (Wildman–Crippen MR) is 73.5 cm³/mol. The molecule has 1 aliphatic heterocycles. The van der Waals surface area contributed by atoms with Gasteiger partial charge in [0.15, 0.2) is 0 Å². The Morgan fingerprint density at radius 2 is 1.43 bits per heavy atom. The van der Waals surface area contributed by atoms with Gasteiger partial charge in [-0.3, -0.25) is 4.79 Å². The molecule has 0 aromatic carbocycles. The molecular weight excluding hydrogens is 398 g/mol. The summed E-state index contributed by atoms with van der Waals surface area (Å²) in [6.45, 7) is 0. The van der Waals surface area contributed by atoms with Crippen molar-refractivity contribution >= 4 is 17.8 Å². The third-order valence-electron chi connectivity index (χ3n) is 4.53. The van der Waals surface area contributed by atoms with Gasteiger partial charge in [-0.15, -0.1) is 0 Å². The highest BCUT2D eigenvalue weighted by molar-refractivity contribution is 5.98. The number of carboxylic acid groups (broad SMARTS) is 1. The van der Waals surface area contributed by atoms with Crippen molar-refractivity contribution in [2.45, 2.75) is 34.6 Å². The molecule has 2 atom stereocenters. The van der Waals surface area contributed by atoms with Crippen LogP contribution in [0, 0.1) is 0 Å². The molecule has 1 saturated heterocycles. The van der Waals surface area contributed by atoms with Gasteiger partial charge < -0.3 is 60.9 Å². The Balaban J connectivity index is 3.10. The van der Waals surface area contributed by atoms with Crippen LogP contribution in [-0.2, 0) is 14.3 Å². The number of amides is 1. The first-order valence-electron chi connectivity index (χ1n) is 6.93. The minimum Gasteiger partial charge on any atom is -0.478 e. The number of ether oxygens (including phenoxy) is 1. The Bertz CT molecular complexity index is 797. The van der Waals surface area contributed by atoms with Crippen LogP contribution in [-0.4, -0.2) is 121 Å². The summed E-state index contributed by atoms with van der Waals surface area (Å²) in [6, 6.07) is 0. The van der Waals surface area contributed by atoms with E-state index < -0.39 is 69.0 Å². The molecular formula is C12H15NO15. The summed E-state index contributed by atoms with van der Waals surface area (Å²) in [5.41, 5.74) is -11.5. The summed E-state index contributed by atoms with van der Waals surface area (Å²) in [5.74, 6) is -23.6. The molecule has 16 heteroatoms. The number of piperidine rings is 1. The van der Waals surface area contributed by atoms with Gasteiger partial charge >= 0.3 is 17.8 Å². The first-order chi connectivity index (χ1) is 12.3. The number of carbonyl (C=O) groups is 3. The van der Waals surface area contributed by atoms with Crippen molar-refractivity contribution < 1.29 is 75.3 Å². The lowest BCUT2D eigenvalue weighted by Crippen LogP contribution is -2.92. The Kier molecular flexibility index (Phi) is 4.27. The maximum Gasteiger partial charge on any atom is 0.416 e. The lowest BCUT2D eigenvalue weighted by molar-refractivity contribution is -0.463. The fraction of sp³-hybridized carbons (Fsp3) is 0.583. The van der Waals surface area contributed by atoms with E-state index in [0.717, 1.165) is 0 Å². The minimum absolute atomic E-state index is 0.446. The van der Waals surface area contributed by atoms with E-state index in [2.05, 4.69) is 4.74 Å². The van der Waals surface area contributed by atoms with Crippen molar-refractivity contribution in [1.82, 2.24) is 4.90 Å². The Hall–Kier alpha value is -2.25. The third kappa shape index (κ3) is 2.03. The summed E-state index contributed by atoms with van der Waals surface area (Å²) in [4.78, 5) is 34.2. The maximum absolute atomic E-state index is 11.9. The molecule has 0 aromatic heterocycles. The molecule has 0 radical (unpaired) electrons. The average Bonchev–Trinajstić information content (AvgIpc) is 2.54. The number of aliphatic carboxylic acids is 1. The number of fused-ring (bicyclic) bond motifs is 1. The molecule has 0 bridgehead atoms. The number of Topliss-reactive ketones (excluding diaryl/α,β-unsaturated/α-hetero) is 1. The number of carboxylic acids is 1. The fourth-order valence-corrected chi connectivity index (χ4v) is 3.10. The number of carbonyl (C=O) groups excluding carboxylic acids is 2. The smallest absolute Gasteiger partial charge is 0.416 e. The van der Waals surface area contributed by atoms with E-state index in [0.29, 0.717) is 7.11 Å². The zero-order valence-corrected chi connectivity index (χ0v) is 13.6. The van der Waals surface area contributed by atoms with Crippen LogP contribution in [0.3, 0.4) is 0 Å². The Morgan fingerprint density at radius 1 is 0.964 bits per heavy atom. The lowest BCUT2D eigenvalue weighted by atomic mass is 9.62. The second-order valence-corrected chi connectivity index (χ2v) is 6.09. The Morgan fingerprint density at radius 3 is 1.82 bits per heavy atom. The molecule has 11 N–H and O–H groups in total. The van der Waals surface area contributed by atoms with E-state index >= 15 is 0 Å². The molecule has 0 spiro atoms. The van der Waals surface area contributed by atoms with Gasteiger partial charge in [0.05, 0.1) is 12.7 Å². The molecule has 0 aromatic rings. The maximum atomic E-state index is 11.9. The molecule has 1 fully saturated rings. The van der Waals surface area contributed by atoms with Crippen LogP contribution in [0.5, 0.6) is 0 Å². The minimum atomic E-state index is -4.92. The number of rotatable bonds is 1. The fourth-order valence-electron chi connectivity index (χ4n) is 3.10. The van der Waals surface area contributed by atoms with Crippen LogP contribution in [0.25, 0.3) is 0 Å². The van der Waals surface area contributed by atoms with E-state index in [4.69, 9.17) is 0 Å². The van der Waals surface area contributed by atoms with Crippen LogP contribution < -0.4 is 0 Å². The van der Waals surface area contributed by atoms with E-state index in [1.807, 2.05) is 0 Å². The summed E-state index contributed by atoms with van der Waals surface area (Å²) < 4.78 is 4.00. The topological polar surface area (TPSA) is 286 Å².